The van der Waals surface area contributed by atoms with Crippen molar-refractivity contribution < 1.29 is 24.9 Å². The molecule has 27 heavy (non-hydrogen) atoms. The van der Waals surface area contributed by atoms with E-state index in [0.29, 0.717) is 19.3 Å². The van der Waals surface area contributed by atoms with Gasteiger partial charge in [-0.05, 0) is 49.3 Å². The van der Waals surface area contributed by atoms with E-state index in [1.807, 2.05) is 0 Å². The van der Waals surface area contributed by atoms with E-state index in [9.17, 15) is 20.4 Å². The number of benzene rings is 1. The van der Waals surface area contributed by atoms with Crippen molar-refractivity contribution in [1.29, 1.82) is 0 Å². The Bertz CT molecular complexity index is 851. The molecule has 3 fully saturated rings. The molecule has 1 spiro atoms. The van der Waals surface area contributed by atoms with Crippen molar-refractivity contribution in [2.45, 2.75) is 68.1 Å². The maximum Gasteiger partial charge on any atom is 0.161 e. The van der Waals surface area contributed by atoms with Gasteiger partial charge in [0.05, 0.1) is 26.2 Å². The summed E-state index contributed by atoms with van der Waals surface area (Å²) < 4.78 is 0.905. The topological polar surface area (TPSA) is 80.9 Å². The second-order valence-electron chi connectivity index (χ2n) is 10.4. The van der Waals surface area contributed by atoms with Crippen LogP contribution in [0.25, 0.3) is 0 Å². The first kappa shape index (κ1) is 16.6. The third-order valence-electron chi connectivity index (χ3n) is 9.13. The zero-order valence-corrected chi connectivity index (χ0v) is 16.0. The summed E-state index contributed by atoms with van der Waals surface area (Å²) in [6.07, 6.45) is 5.58. The van der Waals surface area contributed by atoms with E-state index in [1.165, 1.54) is 12.8 Å². The van der Waals surface area contributed by atoms with Crippen molar-refractivity contribution in [3.63, 3.8) is 0 Å². The van der Waals surface area contributed by atoms with Crippen LogP contribution in [0.1, 0.15) is 48.8 Å². The molecule has 1 aromatic rings. The van der Waals surface area contributed by atoms with Crippen molar-refractivity contribution in [2.75, 3.05) is 20.1 Å². The SMILES string of the molecule is C[N@+]1(CC2CC2)CC[C@]23c4c5cc(O)c(O)c4C[C@H]2C(O)CC[C@@]3(O)[C@H]1C5. The standard InChI is InChI=1S/C22H29NO4/c1-23(11-12-2-3-12)7-6-21-15-10-14-19(21)13(8-17(25)20(14)26)9-18(23)22(21,27)5-4-16(15)24/h8,12,15-16,18,24,27H,2-7,9-11H2,1H3,(H-,25,26)/p+1/t15-,16?,18+,21+,22+,23+/m0/s1. The van der Waals surface area contributed by atoms with Crippen LogP contribution in [-0.2, 0) is 18.3 Å². The maximum absolute atomic E-state index is 12.3. The smallest absolute Gasteiger partial charge is 0.161 e. The summed E-state index contributed by atoms with van der Waals surface area (Å²) in [5, 5.41) is 44.1. The van der Waals surface area contributed by atoms with E-state index in [4.69, 9.17) is 0 Å². The minimum absolute atomic E-state index is 0.0358. The molecule has 1 heterocycles. The average Bonchev–Trinajstić information content (AvgIpc) is 3.34. The fourth-order valence-electron chi connectivity index (χ4n) is 7.86. The summed E-state index contributed by atoms with van der Waals surface area (Å²) in [6, 6.07) is 1.84. The third-order valence-corrected chi connectivity index (χ3v) is 9.13. The van der Waals surface area contributed by atoms with E-state index >= 15 is 0 Å². The zero-order valence-electron chi connectivity index (χ0n) is 16.0. The van der Waals surface area contributed by atoms with Gasteiger partial charge < -0.3 is 24.9 Å². The third kappa shape index (κ3) is 1.77. The number of rotatable bonds is 2. The van der Waals surface area contributed by atoms with E-state index < -0.39 is 17.1 Å². The number of likely N-dealkylation sites (N-methyl/N-ethyl adjacent to an activating group) is 1. The van der Waals surface area contributed by atoms with Crippen molar-refractivity contribution in [2.24, 2.45) is 11.8 Å². The van der Waals surface area contributed by atoms with Crippen molar-refractivity contribution in [3.05, 3.63) is 22.8 Å². The van der Waals surface area contributed by atoms with Gasteiger partial charge in [0.1, 0.15) is 11.6 Å². The molecule has 0 amide bonds. The van der Waals surface area contributed by atoms with Crippen LogP contribution in [-0.4, -0.2) is 62.8 Å². The number of quaternary nitrogens is 1. The van der Waals surface area contributed by atoms with Crippen LogP contribution in [0.3, 0.4) is 0 Å². The number of hydrogen-bond donors (Lipinski definition) is 4. The van der Waals surface area contributed by atoms with Crippen LogP contribution in [0, 0.1) is 11.8 Å². The predicted octanol–water partition coefficient (Wildman–Crippen LogP) is 1.58. The number of phenols is 2. The fraction of sp³-hybridized carbons (Fsp3) is 0.727. The number of piperidine rings is 1. The van der Waals surface area contributed by atoms with Crippen LogP contribution in [0.4, 0.5) is 0 Å². The van der Waals surface area contributed by atoms with Gasteiger partial charge in [-0.2, -0.15) is 0 Å². The molecule has 1 unspecified atom stereocenters. The molecule has 146 valence electrons. The fourth-order valence-corrected chi connectivity index (χ4v) is 7.86. The highest BCUT2D eigenvalue weighted by molar-refractivity contribution is 5.62. The summed E-state index contributed by atoms with van der Waals surface area (Å²) in [5.41, 5.74) is 1.64. The lowest BCUT2D eigenvalue weighted by molar-refractivity contribution is -0.951. The lowest BCUT2D eigenvalue weighted by atomic mass is 9.47. The van der Waals surface area contributed by atoms with Crippen LogP contribution < -0.4 is 0 Å². The van der Waals surface area contributed by atoms with Gasteiger partial charge in [-0.25, -0.2) is 0 Å². The lowest BCUT2D eigenvalue weighted by Gasteiger charge is -2.66. The summed E-state index contributed by atoms with van der Waals surface area (Å²) in [4.78, 5) is 0. The summed E-state index contributed by atoms with van der Waals surface area (Å²) in [5.74, 6) is 0.640. The largest absolute Gasteiger partial charge is 0.504 e. The molecule has 6 atom stereocenters. The molecule has 1 saturated heterocycles. The Morgan fingerprint density at radius 1 is 1.15 bits per heavy atom. The average molecular weight is 372 g/mol. The van der Waals surface area contributed by atoms with E-state index in [2.05, 4.69) is 7.05 Å². The van der Waals surface area contributed by atoms with Crippen LogP contribution in [0.15, 0.2) is 6.07 Å². The number of phenolic OH excluding ortho intramolecular Hbond substituents is 2. The summed E-state index contributed by atoms with van der Waals surface area (Å²) in [6.45, 7) is 2.15. The number of likely N-dealkylation sites (tertiary alicyclic amines) is 1. The maximum atomic E-state index is 12.3. The highest BCUT2D eigenvalue weighted by atomic mass is 16.3. The quantitative estimate of drug-likeness (QED) is 0.469. The highest BCUT2D eigenvalue weighted by Gasteiger charge is 2.74. The van der Waals surface area contributed by atoms with E-state index in [-0.39, 0.29) is 23.5 Å². The molecule has 1 aliphatic heterocycles. The van der Waals surface area contributed by atoms with Gasteiger partial charge in [-0.15, -0.1) is 0 Å². The Morgan fingerprint density at radius 2 is 1.93 bits per heavy atom. The van der Waals surface area contributed by atoms with Crippen LogP contribution in [0.2, 0.25) is 0 Å². The van der Waals surface area contributed by atoms with Gasteiger partial charge in [0.2, 0.25) is 0 Å². The number of nitrogens with zero attached hydrogens (tertiary/aromatic N) is 1. The Balaban J connectivity index is 1.60. The van der Waals surface area contributed by atoms with Gasteiger partial charge >= 0.3 is 0 Å². The van der Waals surface area contributed by atoms with E-state index in [0.717, 1.165) is 53.0 Å². The van der Waals surface area contributed by atoms with E-state index in [1.54, 1.807) is 6.07 Å². The Kier molecular flexibility index (Phi) is 2.96. The molecule has 0 aromatic heterocycles. The Morgan fingerprint density at radius 3 is 2.67 bits per heavy atom. The molecule has 6 rings (SSSR count). The first-order valence-corrected chi connectivity index (χ1v) is 10.6. The molecular formula is C22H30NO4+. The second-order valence-corrected chi connectivity index (χ2v) is 10.4. The molecule has 4 aliphatic carbocycles. The van der Waals surface area contributed by atoms with Crippen molar-refractivity contribution in [1.82, 2.24) is 0 Å². The Hall–Kier alpha value is -1.30. The molecule has 5 nitrogen and oxygen atoms in total. The van der Waals surface area contributed by atoms with Gasteiger partial charge in [0.25, 0.3) is 0 Å². The van der Waals surface area contributed by atoms with Crippen LogP contribution in [0.5, 0.6) is 11.5 Å². The monoisotopic (exact) mass is 372 g/mol. The minimum Gasteiger partial charge on any atom is -0.504 e. The van der Waals surface area contributed by atoms with Gasteiger partial charge in [0.15, 0.2) is 11.5 Å². The van der Waals surface area contributed by atoms with Gasteiger partial charge in [-0.3, -0.25) is 0 Å². The highest BCUT2D eigenvalue weighted by Crippen LogP contribution is 2.67. The molecule has 5 heteroatoms. The van der Waals surface area contributed by atoms with Gasteiger partial charge in [-0.1, -0.05) is 0 Å². The number of aromatic hydroxyl groups is 2. The predicted molar refractivity (Wildman–Crippen MR) is 99.6 cm³/mol. The van der Waals surface area contributed by atoms with Crippen molar-refractivity contribution in [3.8, 4) is 11.5 Å². The van der Waals surface area contributed by atoms with Gasteiger partial charge in [0, 0.05) is 35.7 Å². The van der Waals surface area contributed by atoms with Crippen LogP contribution >= 0.6 is 0 Å². The first-order valence-electron chi connectivity index (χ1n) is 10.6. The summed E-state index contributed by atoms with van der Waals surface area (Å²) >= 11 is 0. The minimum atomic E-state index is -0.833. The number of aliphatic hydroxyl groups is 2. The Labute approximate surface area is 159 Å². The normalized spacial score (nSPS) is 47.0. The zero-order chi connectivity index (χ0) is 18.8. The lowest BCUT2D eigenvalue weighted by Crippen LogP contribution is -2.79. The molecule has 5 aliphatic rings. The second kappa shape index (κ2) is 4.81. The number of aliphatic hydroxyl groups excluding tert-OH is 1. The molecule has 1 aromatic carbocycles. The molecule has 0 radical (unpaired) electrons. The molecule has 2 bridgehead atoms. The number of hydrogen-bond acceptors (Lipinski definition) is 4. The van der Waals surface area contributed by atoms with Crippen molar-refractivity contribution >= 4 is 0 Å². The first-order chi connectivity index (χ1) is 12.8. The summed E-state index contributed by atoms with van der Waals surface area (Å²) in [7, 11) is 2.31. The molecular weight excluding hydrogens is 342 g/mol. The molecule has 4 N–H and O–H groups in total. The molecule has 2 saturated carbocycles.